The summed E-state index contributed by atoms with van der Waals surface area (Å²) in [6.07, 6.45) is 1.74. The van der Waals surface area contributed by atoms with Crippen LogP contribution in [0.2, 0.25) is 0 Å². The maximum atomic E-state index is 13.9. The van der Waals surface area contributed by atoms with Crippen LogP contribution in [0.15, 0.2) is 33.8 Å². The summed E-state index contributed by atoms with van der Waals surface area (Å²) < 4.78 is 36.0. The minimum Gasteiger partial charge on any atom is -0.444 e. The van der Waals surface area contributed by atoms with Crippen LogP contribution in [0.5, 0.6) is 0 Å². The number of carbonyl (C=O) groups excluding carboxylic acids is 2. The maximum Gasteiger partial charge on any atom is 0.410 e. The van der Waals surface area contributed by atoms with Crippen LogP contribution < -0.4 is 10.9 Å². The van der Waals surface area contributed by atoms with E-state index in [-0.39, 0.29) is 52.0 Å². The molecular weight excluding hydrogens is 602 g/mol. The molecule has 41 heavy (non-hydrogen) atoms. The third-order valence-corrected chi connectivity index (χ3v) is 8.73. The topological polar surface area (TPSA) is 111 Å². The van der Waals surface area contributed by atoms with Crippen molar-refractivity contribution < 1.29 is 23.1 Å². The third kappa shape index (κ3) is 4.81. The van der Waals surface area contributed by atoms with E-state index in [2.05, 4.69) is 31.3 Å². The van der Waals surface area contributed by atoms with Gasteiger partial charge in [0.1, 0.15) is 12.1 Å². The quantitative estimate of drug-likeness (QED) is 0.443. The number of hydrogen-bond acceptors (Lipinski definition) is 6. The minimum absolute atomic E-state index is 0.102. The van der Waals surface area contributed by atoms with Gasteiger partial charge in [-0.05, 0) is 74.0 Å². The predicted molar refractivity (Wildman–Crippen MR) is 149 cm³/mol. The normalized spacial score (nSPS) is 21.1. The maximum absolute atomic E-state index is 13.9. The number of aromatic nitrogens is 4. The molecule has 2 amide bonds. The van der Waals surface area contributed by atoms with Crippen LogP contribution in [-0.2, 0) is 27.4 Å². The van der Waals surface area contributed by atoms with Crippen molar-refractivity contribution in [3.8, 4) is 0 Å². The summed E-state index contributed by atoms with van der Waals surface area (Å²) >= 11 is 3.27. The largest absolute Gasteiger partial charge is 0.444 e. The molecule has 1 saturated carbocycles. The van der Waals surface area contributed by atoms with Crippen LogP contribution in [-0.4, -0.2) is 54.8 Å². The fourth-order valence-electron chi connectivity index (χ4n) is 6.58. The van der Waals surface area contributed by atoms with Crippen LogP contribution in [0.3, 0.4) is 0 Å². The molecule has 6 rings (SSSR count). The van der Waals surface area contributed by atoms with Gasteiger partial charge in [-0.25, -0.2) is 13.6 Å². The average Bonchev–Trinajstić information content (AvgIpc) is 3.51. The van der Waals surface area contributed by atoms with E-state index in [9.17, 15) is 23.2 Å². The lowest BCUT2D eigenvalue weighted by Crippen LogP contribution is -2.49. The standard InChI is InChI=1S/C28H31BrF2N6O4/c1-26(2,3)41-25(40)35-11-9-28(10-12-35)18-13-17(18)21-20(28)22(39)37-24(33-23(29)34-37)36(21)14-19(38)32-16-7-5-15(6-8-16)27(4,30)31/h5-8,17-18H,9-14H2,1-4H3,(H,32,38)/t17-,18+/m0/s1. The molecule has 3 heterocycles. The molecule has 3 aliphatic rings. The van der Waals surface area contributed by atoms with E-state index in [1.807, 2.05) is 20.8 Å². The van der Waals surface area contributed by atoms with Gasteiger partial charge < -0.3 is 19.5 Å². The van der Waals surface area contributed by atoms with Crippen LogP contribution >= 0.6 is 15.9 Å². The number of halogens is 3. The van der Waals surface area contributed by atoms with Gasteiger partial charge in [0.15, 0.2) is 0 Å². The number of nitrogens with zero attached hydrogens (tertiary/aromatic N) is 5. The summed E-state index contributed by atoms with van der Waals surface area (Å²) in [5.74, 6) is -2.77. The first-order valence-electron chi connectivity index (χ1n) is 13.6. The number of benzene rings is 1. The van der Waals surface area contributed by atoms with E-state index in [0.717, 1.165) is 19.0 Å². The average molecular weight is 633 g/mol. The number of anilines is 1. The zero-order chi connectivity index (χ0) is 29.5. The molecule has 2 atom stereocenters. The second-order valence-electron chi connectivity index (χ2n) is 12.3. The SMILES string of the molecule is CC(C)(C)OC(=O)N1CCC2(CC1)c1c(n(CC(=O)Nc3ccc(C(C)(F)F)cc3)c3nc(Br)nn3c1=O)[C@H]1C[C@H]12. The molecular formula is C28H31BrF2N6O4. The molecule has 218 valence electrons. The van der Waals surface area contributed by atoms with Crippen molar-refractivity contribution in [1.82, 2.24) is 24.1 Å². The minimum atomic E-state index is -2.98. The van der Waals surface area contributed by atoms with Crippen LogP contribution in [0.4, 0.5) is 19.3 Å². The van der Waals surface area contributed by atoms with Gasteiger partial charge in [0.25, 0.3) is 11.5 Å². The van der Waals surface area contributed by atoms with Crippen LogP contribution in [0.25, 0.3) is 5.78 Å². The fraction of sp³-hybridized carbons (Fsp3) is 0.536. The molecule has 2 aliphatic carbocycles. The number of amides is 2. The fourth-order valence-corrected chi connectivity index (χ4v) is 6.89. The Bertz CT molecular complexity index is 1610. The first kappa shape index (κ1) is 27.8. The summed E-state index contributed by atoms with van der Waals surface area (Å²) in [7, 11) is 0. The Hall–Kier alpha value is -3.35. The smallest absolute Gasteiger partial charge is 0.410 e. The molecule has 0 bridgehead atoms. The van der Waals surface area contributed by atoms with Gasteiger partial charge >= 0.3 is 6.09 Å². The number of piperidine rings is 1. The van der Waals surface area contributed by atoms with E-state index in [1.54, 1.807) is 9.47 Å². The Morgan fingerprint density at radius 2 is 1.80 bits per heavy atom. The molecule has 0 unspecified atom stereocenters. The molecule has 1 aliphatic heterocycles. The van der Waals surface area contributed by atoms with Crippen molar-refractivity contribution in [3.05, 3.63) is 56.2 Å². The first-order chi connectivity index (χ1) is 19.2. The summed E-state index contributed by atoms with van der Waals surface area (Å²) in [6.45, 7) is 7.10. The molecule has 0 radical (unpaired) electrons. The van der Waals surface area contributed by atoms with Crippen LogP contribution in [0.1, 0.15) is 69.7 Å². The molecule has 2 fully saturated rings. The van der Waals surface area contributed by atoms with Crippen molar-refractivity contribution >= 4 is 39.4 Å². The van der Waals surface area contributed by atoms with Gasteiger partial charge in [0, 0.05) is 53.9 Å². The number of hydrogen-bond donors (Lipinski definition) is 1. The monoisotopic (exact) mass is 632 g/mol. The number of carbonyl (C=O) groups is 2. The number of ether oxygens (including phenoxy) is 1. The van der Waals surface area contributed by atoms with Crippen molar-refractivity contribution in [2.75, 3.05) is 18.4 Å². The van der Waals surface area contributed by atoms with E-state index in [1.165, 1.54) is 28.8 Å². The predicted octanol–water partition coefficient (Wildman–Crippen LogP) is 4.79. The first-order valence-corrected chi connectivity index (χ1v) is 14.4. The summed E-state index contributed by atoms with van der Waals surface area (Å²) in [4.78, 5) is 45.9. The lowest BCUT2D eigenvalue weighted by molar-refractivity contribution is -0.116. The third-order valence-electron chi connectivity index (χ3n) is 8.39. The summed E-state index contributed by atoms with van der Waals surface area (Å²) in [5.41, 5.74) is 0.406. The molecule has 1 aromatic carbocycles. The van der Waals surface area contributed by atoms with Gasteiger partial charge in [-0.2, -0.15) is 9.50 Å². The summed E-state index contributed by atoms with van der Waals surface area (Å²) in [5, 5.41) is 7.05. The second-order valence-corrected chi connectivity index (χ2v) is 13.0. The Balaban J connectivity index is 1.32. The van der Waals surface area contributed by atoms with E-state index in [0.29, 0.717) is 37.2 Å². The number of fused-ring (bicyclic) bond motifs is 6. The van der Waals surface area contributed by atoms with Crippen molar-refractivity contribution in [2.24, 2.45) is 5.92 Å². The number of likely N-dealkylation sites (tertiary alicyclic amines) is 1. The van der Waals surface area contributed by atoms with Crippen molar-refractivity contribution in [1.29, 1.82) is 0 Å². The highest BCUT2D eigenvalue weighted by Crippen LogP contribution is 2.67. The highest BCUT2D eigenvalue weighted by molar-refractivity contribution is 9.10. The van der Waals surface area contributed by atoms with Gasteiger partial charge in [-0.15, -0.1) is 5.10 Å². The van der Waals surface area contributed by atoms with Crippen molar-refractivity contribution in [3.63, 3.8) is 0 Å². The Kier molecular flexibility index (Phi) is 6.33. The molecule has 1 saturated heterocycles. The number of nitrogens with one attached hydrogen (secondary N) is 1. The zero-order valence-corrected chi connectivity index (χ0v) is 24.8. The zero-order valence-electron chi connectivity index (χ0n) is 23.2. The lowest BCUT2D eigenvalue weighted by atomic mass is 9.71. The molecule has 13 heteroatoms. The lowest BCUT2D eigenvalue weighted by Gasteiger charge is -2.41. The Morgan fingerprint density at radius 1 is 1.15 bits per heavy atom. The van der Waals surface area contributed by atoms with Crippen LogP contribution in [0, 0.1) is 5.92 Å². The Morgan fingerprint density at radius 3 is 2.41 bits per heavy atom. The number of rotatable bonds is 4. The van der Waals surface area contributed by atoms with E-state index < -0.39 is 16.9 Å². The van der Waals surface area contributed by atoms with E-state index >= 15 is 0 Å². The van der Waals surface area contributed by atoms with Gasteiger partial charge in [0.2, 0.25) is 16.4 Å². The molecule has 1 spiro atoms. The van der Waals surface area contributed by atoms with Gasteiger partial charge in [0.05, 0.1) is 0 Å². The number of alkyl halides is 2. The van der Waals surface area contributed by atoms with Crippen molar-refractivity contribution in [2.45, 2.75) is 76.4 Å². The highest BCUT2D eigenvalue weighted by Gasteiger charge is 2.64. The molecule has 1 N–H and O–H groups in total. The summed E-state index contributed by atoms with van der Waals surface area (Å²) in [6, 6.07) is 5.44. The highest BCUT2D eigenvalue weighted by atomic mass is 79.9. The molecule has 3 aromatic rings. The van der Waals surface area contributed by atoms with E-state index in [4.69, 9.17) is 4.74 Å². The van der Waals surface area contributed by atoms with Gasteiger partial charge in [-0.1, -0.05) is 12.1 Å². The molecule has 10 nitrogen and oxygen atoms in total. The second kappa shape index (κ2) is 9.33. The molecule has 2 aromatic heterocycles. The van der Waals surface area contributed by atoms with Gasteiger partial charge in [-0.3, -0.25) is 9.59 Å². The Labute approximate surface area is 243 Å².